The first kappa shape index (κ1) is 15.1. The summed E-state index contributed by atoms with van der Waals surface area (Å²) in [6, 6.07) is 13.4. The van der Waals surface area contributed by atoms with E-state index in [-0.39, 0.29) is 5.82 Å². The number of imidazole rings is 1. The normalized spacial score (nSPS) is 11.9. The predicted molar refractivity (Wildman–Crippen MR) is 85.9 cm³/mol. The Morgan fingerprint density at radius 3 is 2.55 bits per heavy atom. The molecule has 1 heterocycles. The molecule has 0 aliphatic rings. The van der Waals surface area contributed by atoms with Crippen LogP contribution < -0.4 is 0 Å². The highest BCUT2D eigenvalue weighted by Crippen LogP contribution is 2.28. The summed E-state index contributed by atoms with van der Waals surface area (Å²) in [6.45, 7) is 0. The number of benzene rings is 2. The van der Waals surface area contributed by atoms with Gasteiger partial charge in [-0.05, 0) is 23.8 Å². The minimum absolute atomic E-state index is 0.308. The Morgan fingerprint density at radius 2 is 1.82 bits per heavy atom. The summed E-state index contributed by atoms with van der Waals surface area (Å²) in [5.74, 6) is 0.00271. The molecule has 0 unspecified atom stereocenters. The molecule has 114 valence electrons. The Kier molecular flexibility index (Phi) is 3.92. The van der Waals surface area contributed by atoms with E-state index in [2.05, 4.69) is 4.98 Å². The summed E-state index contributed by atoms with van der Waals surface area (Å²) >= 11 is 1.20. The van der Waals surface area contributed by atoms with Gasteiger partial charge in [-0.2, -0.15) is 0 Å². The fourth-order valence-corrected chi connectivity index (χ4v) is 4.45. The van der Waals surface area contributed by atoms with Crippen molar-refractivity contribution >= 4 is 32.8 Å². The molecule has 0 atom stereocenters. The second-order valence-corrected chi connectivity index (χ2v) is 7.56. The maximum Gasteiger partial charge on any atom is 0.238 e. The number of hydrogen-bond donors (Lipinski definition) is 0. The molecule has 0 saturated heterocycles. The summed E-state index contributed by atoms with van der Waals surface area (Å²) in [5, 5.41) is 0.340. The highest BCUT2D eigenvalue weighted by molar-refractivity contribution is 7.99. The fraction of sp³-hybridized carbons (Fsp3) is 0.133. The molecular weight excluding hydrogens is 323 g/mol. The molecule has 0 radical (unpaired) electrons. The molecule has 0 bridgehead atoms. The summed E-state index contributed by atoms with van der Waals surface area (Å²) in [5.41, 5.74) is 1.64. The average molecular weight is 336 g/mol. The Labute approximate surface area is 132 Å². The number of nitrogens with zero attached hydrogens (tertiary/aromatic N) is 2. The number of fused-ring (bicyclic) bond motifs is 1. The highest BCUT2D eigenvalue weighted by Gasteiger charge is 2.18. The lowest BCUT2D eigenvalue weighted by Gasteiger charge is -2.06. The van der Waals surface area contributed by atoms with Crippen molar-refractivity contribution in [2.75, 3.05) is 6.26 Å². The zero-order chi connectivity index (χ0) is 15.7. The molecule has 0 aliphatic heterocycles. The van der Waals surface area contributed by atoms with E-state index >= 15 is 0 Å². The zero-order valence-corrected chi connectivity index (χ0v) is 13.4. The highest BCUT2D eigenvalue weighted by atomic mass is 32.2. The van der Waals surface area contributed by atoms with Crippen molar-refractivity contribution in [1.82, 2.24) is 8.96 Å². The van der Waals surface area contributed by atoms with Crippen LogP contribution in [0.3, 0.4) is 0 Å². The molecule has 3 aromatic rings. The number of rotatable bonds is 4. The average Bonchev–Trinajstić information content (AvgIpc) is 2.84. The van der Waals surface area contributed by atoms with Crippen molar-refractivity contribution in [3.05, 3.63) is 59.9 Å². The third-order valence-electron chi connectivity index (χ3n) is 3.14. The van der Waals surface area contributed by atoms with Crippen LogP contribution in [0.15, 0.2) is 53.7 Å². The van der Waals surface area contributed by atoms with Crippen LogP contribution >= 0.6 is 11.8 Å². The van der Waals surface area contributed by atoms with Gasteiger partial charge in [0.1, 0.15) is 5.82 Å². The largest absolute Gasteiger partial charge is 0.238 e. The van der Waals surface area contributed by atoms with Crippen molar-refractivity contribution in [3.63, 3.8) is 0 Å². The second kappa shape index (κ2) is 5.73. The van der Waals surface area contributed by atoms with Gasteiger partial charge in [0.2, 0.25) is 10.0 Å². The Hall–Kier alpha value is -1.86. The van der Waals surface area contributed by atoms with E-state index in [0.717, 1.165) is 6.26 Å². The standard InChI is InChI=1S/C15H13FN2O2S2/c1-22(19,20)18-14-9-5-4-8-13(14)17-15(18)21-10-11-6-2-3-7-12(11)16/h2-9H,10H2,1H3. The quantitative estimate of drug-likeness (QED) is 0.686. The van der Waals surface area contributed by atoms with Crippen LogP contribution in [0.5, 0.6) is 0 Å². The first-order chi connectivity index (χ1) is 10.5. The fourth-order valence-electron chi connectivity index (χ4n) is 2.15. The number of thioether (sulfide) groups is 1. The molecule has 4 nitrogen and oxygen atoms in total. The van der Waals surface area contributed by atoms with E-state index in [1.165, 1.54) is 21.8 Å². The number of halogens is 1. The first-order valence-corrected chi connectivity index (χ1v) is 9.34. The van der Waals surface area contributed by atoms with Crippen molar-refractivity contribution in [2.45, 2.75) is 10.9 Å². The monoisotopic (exact) mass is 336 g/mol. The van der Waals surface area contributed by atoms with Crippen LogP contribution in [-0.2, 0) is 15.8 Å². The zero-order valence-electron chi connectivity index (χ0n) is 11.7. The molecule has 0 spiro atoms. The van der Waals surface area contributed by atoms with E-state index < -0.39 is 10.0 Å². The molecular formula is C15H13FN2O2S2. The van der Waals surface area contributed by atoms with Gasteiger partial charge in [-0.1, -0.05) is 42.1 Å². The number of aromatic nitrogens is 2. The first-order valence-electron chi connectivity index (χ1n) is 6.51. The molecule has 2 aromatic carbocycles. The summed E-state index contributed by atoms with van der Waals surface area (Å²) < 4.78 is 39.0. The van der Waals surface area contributed by atoms with Crippen LogP contribution in [0, 0.1) is 5.82 Å². The Balaban J connectivity index is 2.02. The van der Waals surface area contributed by atoms with Gasteiger partial charge in [0.15, 0.2) is 5.16 Å². The third-order valence-corrected chi connectivity index (χ3v) is 5.27. The maximum absolute atomic E-state index is 13.7. The van der Waals surface area contributed by atoms with E-state index in [0.29, 0.717) is 27.5 Å². The van der Waals surface area contributed by atoms with Crippen molar-refractivity contribution < 1.29 is 12.8 Å². The molecule has 7 heteroatoms. The topological polar surface area (TPSA) is 52.0 Å². The smallest absolute Gasteiger partial charge is 0.222 e. The van der Waals surface area contributed by atoms with Crippen LogP contribution in [0.1, 0.15) is 5.56 Å². The van der Waals surface area contributed by atoms with Crippen LogP contribution in [0.4, 0.5) is 4.39 Å². The lowest BCUT2D eigenvalue weighted by Crippen LogP contribution is -2.11. The van der Waals surface area contributed by atoms with Crippen LogP contribution in [0.2, 0.25) is 0 Å². The lowest BCUT2D eigenvalue weighted by atomic mass is 10.2. The number of para-hydroxylation sites is 2. The van der Waals surface area contributed by atoms with E-state index in [1.807, 2.05) is 0 Å². The van der Waals surface area contributed by atoms with Gasteiger partial charge in [0.25, 0.3) is 0 Å². The summed E-state index contributed by atoms with van der Waals surface area (Å²) in [6.07, 6.45) is 1.13. The van der Waals surface area contributed by atoms with Gasteiger partial charge in [-0.3, -0.25) is 0 Å². The van der Waals surface area contributed by atoms with E-state index in [1.54, 1.807) is 42.5 Å². The minimum Gasteiger partial charge on any atom is -0.222 e. The van der Waals surface area contributed by atoms with E-state index in [4.69, 9.17) is 0 Å². The van der Waals surface area contributed by atoms with Gasteiger partial charge in [-0.25, -0.2) is 21.8 Å². The summed E-state index contributed by atoms with van der Waals surface area (Å²) in [4.78, 5) is 4.35. The second-order valence-electron chi connectivity index (χ2n) is 4.79. The minimum atomic E-state index is -3.49. The van der Waals surface area contributed by atoms with Gasteiger partial charge in [0.05, 0.1) is 17.3 Å². The van der Waals surface area contributed by atoms with Crippen molar-refractivity contribution in [1.29, 1.82) is 0 Å². The van der Waals surface area contributed by atoms with Gasteiger partial charge in [0, 0.05) is 5.75 Å². The molecule has 0 saturated carbocycles. The summed E-state index contributed by atoms with van der Waals surface area (Å²) in [7, 11) is -3.49. The Morgan fingerprint density at radius 1 is 1.14 bits per heavy atom. The van der Waals surface area contributed by atoms with Gasteiger partial charge >= 0.3 is 0 Å². The number of hydrogen-bond acceptors (Lipinski definition) is 4. The lowest BCUT2D eigenvalue weighted by molar-refractivity contribution is 0.590. The molecule has 0 fully saturated rings. The molecule has 3 rings (SSSR count). The van der Waals surface area contributed by atoms with Crippen LogP contribution in [-0.4, -0.2) is 23.6 Å². The maximum atomic E-state index is 13.7. The van der Waals surface area contributed by atoms with Gasteiger partial charge < -0.3 is 0 Å². The molecule has 1 aromatic heterocycles. The SMILES string of the molecule is CS(=O)(=O)n1c(SCc2ccccc2F)nc2ccccc21. The van der Waals surface area contributed by atoms with Crippen LogP contribution in [0.25, 0.3) is 11.0 Å². The molecule has 22 heavy (non-hydrogen) atoms. The van der Waals surface area contributed by atoms with Crippen molar-refractivity contribution in [3.8, 4) is 0 Å². The third kappa shape index (κ3) is 2.86. The molecule has 0 amide bonds. The van der Waals surface area contributed by atoms with Gasteiger partial charge in [-0.15, -0.1) is 0 Å². The molecule has 0 aliphatic carbocycles. The van der Waals surface area contributed by atoms with Crippen molar-refractivity contribution in [2.24, 2.45) is 0 Å². The Bertz CT molecular complexity index is 936. The molecule has 0 N–H and O–H groups in total. The van der Waals surface area contributed by atoms with E-state index in [9.17, 15) is 12.8 Å². The predicted octanol–water partition coefficient (Wildman–Crippen LogP) is 3.28.